The number of hydrogen-bond donors (Lipinski definition) is 0. The van der Waals surface area contributed by atoms with Crippen LogP contribution in [0.2, 0.25) is 0 Å². The lowest BCUT2D eigenvalue weighted by atomic mass is 10.1. The summed E-state index contributed by atoms with van der Waals surface area (Å²) in [6.45, 7) is 3.43. The van der Waals surface area contributed by atoms with Gasteiger partial charge in [-0.1, -0.05) is 0 Å². The summed E-state index contributed by atoms with van der Waals surface area (Å²) in [6, 6.07) is 2.84. The van der Waals surface area contributed by atoms with Gasteiger partial charge < -0.3 is 0 Å². The molecule has 0 N–H and O–H groups in total. The minimum absolute atomic E-state index is 0.253. The van der Waals surface area contributed by atoms with Crippen molar-refractivity contribution in [2.75, 3.05) is 0 Å². The highest BCUT2D eigenvalue weighted by Crippen LogP contribution is 2.22. The summed E-state index contributed by atoms with van der Waals surface area (Å²) in [5.74, 6) is -1.87. The Morgan fingerprint density at radius 1 is 1.29 bits per heavy atom. The number of carbonyl (C=O) groups excluding carboxylic acids is 1. The van der Waals surface area contributed by atoms with Crippen LogP contribution in [0.15, 0.2) is 18.2 Å². The number of aromatic nitrogens is 1. The van der Waals surface area contributed by atoms with E-state index in [2.05, 4.69) is 4.98 Å². The first kappa shape index (κ1) is 11.9. The van der Waals surface area contributed by atoms with Crippen LogP contribution in [-0.2, 0) is 0 Å². The first-order chi connectivity index (χ1) is 7.99. The van der Waals surface area contributed by atoms with Gasteiger partial charge in [0.25, 0.3) is 0 Å². The number of ketones is 1. The van der Waals surface area contributed by atoms with E-state index >= 15 is 0 Å². The lowest BCUT2D eigenvalue weighted by Crippen LogP contribution is -2.04. The van der Waals surface area contributed by atoms with Gasteiger partial charge in [0.2, 0.25) is 5.78 Å². The lowest BCUT2D eigenvalue weighted by molar-refractivity contribution is 0.103. The molecule has 0 bridgehead atoms. The van der Waals surface area contributed by atoms with Crippen LogP contribution in [0.3, 0.4) is 0 Å². The molecule has 1 aromatic carbocycles. The summed E-state index contributed by atoms with van der Waals surface area (Å²) < 4.78 is 26.4. The third kappa shape index (κ3) is 2.24. The predicted molar refractivity (Wildman–Crippen MR) is 61.4 cm³/mol. The van der Waals surface area contributed by atoms with Gasteiger partial charge in [-0.15, -0.1) is 11.3 Å². The minimum atomic E-state index is -0.721. The van der Waals surface area contributed by atoms with Crippen LogP contribution in [-0.4, -0.2) is 10.8 Å². The molecular weight excluding hydrogens is 244 g/mol. The molecule has 88 valence electrons. The number of carbonyl (C=O) groups is 1. The van der Waals surface area contributed by atoms with E-state index in [1.807, 2.05) is 0 Å². The number of thiazole rings is 1. The maximum absolute atomic E-state index is 13.4. The van der Waals surface area contributed by atoms with Crippen molar-refractivity contribution in [1.29, 1.82) is 0 Å². The van der Waals surface area contributed by atoms with Gasteiger partial charge in [0, 0.05) is 0 Å². The van der Waals surface area contributed by atoms with Crippen molar-refractivity contribution < 1.29 is 13.6 Å². The Morgan fingerprint density at radius 3 is 2.59 bits per heavy atom. The smallest absolute Gasteiger partial charge is 0.207 e. The number of rotatable bonds is 2. The van der Waals surface area contributed by atoms with Gasteiger partial charge in [-0.3, -0.25) is 4.79 Å². The summed E-state index contributed by atoms with van der Waals surface area (Å²) in [5, 5.41) is 0.725. The summed E-state index contributed by atoms with van der Waals surface area (Å²) in [6.07, 6.45) is 0. The molecule has 0 spiro atoms. The Balaban J connectivity index is 2.50. The standard InChI is InChI=1S/C12H9F2NOS/c1-6-12(17-7(2)15-6)11(16)9-5-8(13)3-4-10(9)14/h3-5H,1-2H3. The van der Waals surface area contributed by atoms with Crippen LogP contribution in [0.5, 0.6) is 0 Å². The molecule has 0 fully saturated rings. The number of aryl methyl sites for hydroxylation is 2. The van der Waals surface area contributed by atoms with Gasteiger partial charge in [-0.2, -0.15) is 0 Å². The molecule has 0 atom stereocenters. The lowest BCUT2D eigenvalue weighted by Gasteiger charge is -2.01. The molecule has 0 amide bonds. The molecular formula is C12H9F2NOS. The highest BCUT2D eigenvalue weighted by Gasteiger charge is 2.19. The monoisotopic (exact) mass is 253 g/mol. The summed E-state index contributed by atoms with van der Waals surface area (Å²) in [7, 11) is 0. The van der Waals surface area contributed by atoms with E-state index in [1.165, 1.54) is 11.3 Å². The maximum Gasteiger partial charge on any atom is 0.207 e. The second-order valence-electron chi connectivity index (χ2n) is 3.60. The Kier molecular flexibility index (Phi) is 3.02. The fourth-order valence-corrected chi connectivity index (χ4v) is 2.41. The van der Waals surface area contributed by atoms with Crippen molar-refractivity contribution >= 4 is 17.1 Å². The van der Waals surface area contributed by atoms with Gasteiger partial charge in [-0.05, 0) is 32.0 Å². The summed E-state index contributed by atoms with van der Waals surface area (Å²) in [5.41, 5.74) is 0.290. The zero-order valence-corrected chi connectivity index (χ0v) is 10.1. The molecule has 17 heavy (non-hydrogen) atoms. The van der Waals surface area contributed by atoms with Crippen LogP contribution in [0, 0.1) is 25.5 Å². The molecule has 5 heteroatoms. The van der Waals surface area contributed by atoms with Crippen molar-refractivity contribution in [3.8, 4) is 0 Å². The second kappa shape index (κ2) is 4.33. The highest BCUT2D eigenvalue weighted by molar-refractivity contribution is 7.14. The van der Waals surface area contributed by atoms with Gasteiger partial charge in [-0.25, -0.2) is 13.8 Å². The molecule has 1 aromatic heterocycles. The van der Waals surface area contributed by atoms with Crippen LogP contribution < -0.4 is 0 Å². The van der Waals surface area contributed by atoms with Crippen molar-refractivity contribution in [3.05, 3.63) is 51.0 Å². The molecule has 0 aliphatic carbocycles. The van der Waals surface area contributed by atoms with E-state index in [1.54, 1.807) is 13.8 Å². The van der Waals surface area contributed by atoms with E-state index in [0.717, 1.165) is 23.2 Å². The molecule has 0 saturated carbocycles. The molecule has 0 radical (unpaired) electrons. The normalized spacial score (nSPS) is 10.6. The van der Waals surface area contributed by atoms with Crippen molar-refractivity contribution in [1.82, 2.24) is 4.98 Å². The van der Waals surface area contributed by atoms with Crippen molar-refractivity contribution in [3.63, 3.8) is 0 Å². The Bertz CT molecular complexity index is 592. The Labute approximate surface area is 101 Å². The van der Waals surface area contributed by atoms with Crippen molar-refractivity contribution in [2.24, 2.45) is 0 Å². The maximum atomic E-state index is 13.4. The van der Waals surface area contributed by atoms with Gasteiger partial charge >= 0.3 is 0 Å². The first-order valence-electron chi connectivity index (χ1n) is 4.93. The average Bonchev–Trinajstić information content (AvgIpc) is 2.60. The fraction of sp³-hybridized carbons (Fsp3) is 0.167. The SMILES string of the molecule is Cc1nc(C)c(C(=O)c2cc(F)ccc2F)s1. The summed E-state index contributed by atoms with van der Waals surface area (Å²) >= 11 is 1.18. The molecule has 2 rings (SSSR count). The third-order valence-corrected chi connectivity index (χ3v) is 3.35. The third-order valence-electron chi connectivity index (χ3n) is 2.28. The Hall–Kier alpha value is -1.62. The molecule has 0 saturated heterocycles. The summed E-state index contributed by atoms with van der Waals surface area (Å²) in [4.78, 5) is 16.5. The largest absolute Gasteiger partial charge is 0.288 e. The number of nitrogens with zero attached hydrogens (tertiary/aromatic N) is 1. The second-order valence-corrected chi connectivity index (χ2v) is 4.80. The van der Waals surface area contributed by atoms with E-state index < -0.39 is 17.4 Å². The minimum Gasteiger partial charge on any atom is -0.288 e. The number of benzene rings is 1. The van der Waals surface area contributed by atoms with E-state index in [4.69, 9.17) is 0 Å². The zero-order valence-electron chi connectivity index (χ0n) is 9.25. The number of hydrogen-bond acceptors (Lipinski definition) is 3. The molecule has 2 aromatic rings. The molecule has 0 aliphatic heterocycles. The Morgan fingerprint density at radius 2 is 2.00 bits per heavy atom. The zero-order chi connectivity index (χ0) is 12.6. The first-order valence-corrected chi connectivity index (χ1v) is 5.74. The average molecular weight is 253 g/mol. The quantitative estimate of drug-likeness (QED) is 0.769. The van der Waals surface area contributed by atoms with Crippen LogP contribution >= 0.6 is 11.3 Å². The highest BCUT2D eigenvalue weighted by atomic mass is 32.1. The van der Waals surface area contributed by atoms with Crippen molar-refractivity contribution in [2.45, 2.75) is 13.8 Å². The number of halogens is 2. The molecule has 1 heterocycles. The topological polar surface area (TPSA) is 30.0 Å². The van der Waals surface area contributed by atoms with Gasteiger partial charge in [0.05, 0.1) is 21.1 Å². The van der Waals surface area contributed by atoms with E-state index in [0.29, 0.717) is 10.6 Å². The molecule has 0 aliphatic rings. The van der Waals surface area contributed by atoms with Gasteiger partial charge in [0.1, 0.15) is 11.6 Å². The fourth-order valence-electron chi connectivity index (χ4n) is 1.54. The van der Waals surface area contributed by atoms with Crippen LogP contribution in [0.25, 0.3) is 0 Å². The van der Waals surface area contributed by atoms with Gasteiger partial charge in [0.15, 0.2) is 0 Å². The van der Waals surface area contributed by atoms with E-state index in [-0.39, 0.29) is 5.56 Å². The predicted octanol–water partition coefficient (Wildman–Crippen LogP) is 3.27. The van der Waals surface area contributed by atoms with E-state index in [9.17, 15) is 13.6 Å². The molecule has 2 nitrogen and oxygen atoms in total. The van der Waals surface area contributed by atoms with Crippen LogP contribution in [0.4, 0.5) is 8.78 Å². The van der Waals surface area contributed by atoms with Crippen LogP contribution in [0.1, 0.15) is 25.9 Å². The molecule has 0 unspecified atom stereocenters.